The van der Waals surface area contributed by atoms with Gasteiger partial charge in [-0.1, -0.05) is 18.7 Å². The van der Waals surface area contributed by atoms with Gasteiger partial charge in [-0.3, -0.25) is 5.32 Å². The molecule has 3 nitrogen and oxygen atoms in total. The first-order valence-corrected chi connectivity index (χ1v) is 4.56. The van der Waals surface area contributed by atoms with E-state index in [1.807, 2.05) is 6.08 Å². The maximum Gasteiger partial charge on any atom is 0.335 e. The Hall–Kier alpha value is -1.09. The van der Waals surface area contributed by atoms with Crippen molar-refractivity contribution in [3.63, 3.8) is 0 Å². The van der Waals surface area contributed by atoms with E-state index in [0.29, 0.717) is 6.04 Å². The van der Waals surface area contributed by atoms with Crippen LogP contribution in [0.5, 0.6) is 0 Å². The SMILES string of the molecule is C=COC(=O)C12C=CC(CCC1)N2. The fourth-order valence-electron chi connectivity index (χ4n) is 2.04. The van der Waals surface area contributed by atoms with Crippen molar-refractivity contribution in [2.75, 3.05) is 0 Å². The second-order valence-electron chi connectivity index (χ2n) is 3.55. The molecule has 0 radical (unpaired) electrons. The Morgan fingerprint density at radius 3 is 3.38 bits per heavy atom. The number of fused-ring (bicyclic) bond motifs is 2. The fourth-order valence-corrected chi connectivity index (χ4v) is 2.04. The molecular formula is C10H13NO2. The quantitative estimate of drug-likeness (QED) is 0.392. The van der Waals surface area contributed by atoms with Gasteiger partial charge in [-0.25, -0.2) is 4.79 Å². The summed E-state index contributed by atoms with van der Waals surface area (Å²) in [6.45, 7) is 3.38. The van der Waals surface area contributed by atoms with E-state index in [-0.39, 0.29) is 5.97 Å². The molecule has 0 amide bonds. The minimum absolute atomic E-state index is 0.235. The van der Waals surface area contributed by atoms with Crippen LogP contribution in [0, 0.1) is 0 Å². The van der Waals surface area contributed by atoms with E-state index in [2.05, 4.69) is 18.0 Å². The van der Waals surface area contributed by atoms with Gasteiger partial charge in [0.15, 0.2) is 0 Å². The molecule has 0 aromatic heterocycles. The highest BCUT2D eigenvalue weighted by molar-refractivity contribution is 5.85. The lowest BCUT2D eigenvalue weighted by Crippen LogP contribution is -2.53. The monoisotopic (exact) mass is 179 g/mol. The molecule has 0 aromatic rings. The zero-order valence-electron chi connectivity index (χ0n) is 7.45. The molecule has 2 rings (SSSR count). The third kappa shape index (κ3) is 1.29. The average Bonchev–Trinajstić information content (AvgIpc) is 2.44. The van der Waals surface area contributed by atoms with Crippen molar-refractivity contribution in [3.05, 3.63) is 25.0 Å². The van der Waals surface area contributed by atoms with Gasteiger partial charge < -0.3 is 4.74 Å². The third-order valence-corrected chi connectivity index (χ3v) is 2.70. The summed E-state index contributed by atoms with van der Waals surface area (Å²) in [4.78, 5) is 11.6. The number of hydrogen-bond donors (Lipinski definition) is 1. The Morgan fingerprint density at radius 1 is 1.77 bits per heavy atom. The summed E-state index contributed by atoms with van der Waals surface area (Å²) >= 11 is 0. The highest BCUT2D eigenvalue weighted by Crippen LogP contribution is 2.31. The molecule has 2 aliphatic heterocycles. The molecule has 2 heterocycles. The molecule has 0 aromatic carbocycles. The van der Waals surface area contributed by atoms with E-state index in [4.69, 9.17) is 4.74 Å². The zero-order valence-corrected chi connectivity index (χ0v) is 7.45. The van der Waals surface area contributed by atoms with Gasteiger partial charge in [0.2, 0.25) is 0 Å². The first-order valence-electron chi connectivity index (χ1n) is 4.56. The number of carbonyl (C=O) groups is 1. The van der Waals surface area contributed by atoms with Crippen LogP contribution in [0.3, 0.4) is 0 Å². The Kier molecular flexibility index (Phi) is 1.96. The summed E-state index contributed by atoms with van der Waals surface area (Å²) in [5.74, 6) is -0.235. The van der Waals surface area contributed by atoms with Gasteiger partial charge in [0, 0.05) is 6.04 Å². The summed E-state index contributed by atoms with van der Waals surface area (Å²) in [6.07, 6.45) is 8.17. The average molecular weight is 179 g/mol. The molecule has 2 bridgehead atoms. The predicted octanol–water partition coefficient (Wildman–Crippen LogP) is 1.12. The molecule has 2 unspecified atom stereocenters. The van der Waals surface area contributed by atoms with Crippen molar-refractivity contribution in [1.29, 1.82) is 0 Å². The van der Waals surface area contributed by atoms with Crippen molar-refractivity contribution in [3.8, 4) is 0 Å². The van der Waals surface area contributed by atoms with Crippen LogP contribution in [-0.2, 0) is 9.53 Å². The summed E-state index contributed by atoms with van der Waals surface area (Å²) in [6, 6.07) is 0.353. The van der Waals surface area contributed by atoms with Gasteiger partial charge in [0.1, 0.15) is 5.54 Å². The Labute approximate surface area is 77.5 Å². The molecule has 1 fully saturated rings. The maximum atomic E-state index is 11.6. The molecule has 13 heavy (non-hydrogen) atoms. The van der Waals surface area contributed by atoms with E-state index in [0.717, 1.165) is 19.3 Å². The first-order chi connectivity index (χ1) is 6.27. The smallest absolute Gasteiger partial charge is 0.335 e. The van der Waals surface area contributed by atoms with Crippen LogP contribution >= 0.6 is 0 Å². The number of rotatable bonds is 2. The van der Waals surface area contributed by atoms with Crippen LogP contribution in [-0.4, -0.2) is 17.6 Å². The molecule has 2 aliphatic rings. The van der Waals surface area contributed by atoms with Crippen molar-refractivity contribution in [1.82, 2.24) is 5.32 Å². The van der Waals surface area contributed by atoms with Crippen molar-refractivity contribution >= 4 is 5.97 Å². The standard InChI is InChI=1S/C10H13NO2/c1-2-13-9(12)10-6-3-4-8(11-10)5-7-10/h2,5,7-8,11H,1,3-4,6H2. The lowest BCUT2D eigenvalue weighted by molar-refractivity contribution is -0.144. The molecule has 2 atom stereocenters. The minimum atomic E-state index is -0.558. The maximum absolute atomic E-state index is 11.6. The Bertz CT molecular complexity index is 272. The minimum Gasteiger partial charge on any atom is -0.434 e. The van der Waals surface area contributed by atoms with Gasteiger partial charge in [0.05, 0.1) is 6.26 Å². The summed E-state index contributed by atoms with van der Waals surface area (Å²) in [7, 11) is 0. The Morgan fingerprint density at radius 2 is 2.62 bits per heavy atom. The normalized spacial score (nSPS) is 35.8. The van der Waals surface area contributed by atoms with E-state index in [1.165, 1.54) is 6.26 Å². The molecule has 70 valence electrons. The zero-order chi connectivity index (χ0) is 9.31. The summed E-state index contributed by atoms with van der Waals surface area (Å²) < 4.78 is 4.81. The van der Waals surface area contributed by atoms with Crippen molar-refractivity contribution in [2.45, 2.75) is 30.8 Å². The lowest BCUT2D eigenvalue weighted by Gasteiger charge is -2.31. The molecule has 0 saturated carbocycles. The number of esters is 1. The molecule has 0 spiro atoms. The molecular weight excluding hydrogens is 166 g/mol. The van der Waals surface area contributed by atoms with E-state index in [9.17, 15) is 4.79 Å². The summed E-state index contributed by atoms with van der Waals surface area (Å²) in [5, 5.41) is 3.25. The number of ether oxygens (including phenoxy) is 1. The fraction of sp³-hybridized carbons (Fsp3) is 0.500. The van der Waals surface area contributed by atoms with E-state index in [1.54, 1.807) is 0 Å². The number of nitrogens with one attached hydrogen (secondary N) is 1. The van der Waals surface area contributed by atoms with Gasteiger partial charge in [-0.05, 0) is 19.3 Å². The predicted molar refractivity (Wildman–Crippen MR) is 48.9 cm³/mol. The van der Waals surface area contributed by atoms with E-state index >= 15 is 0 Å². The first kappa shape index (κ1) is 8.51. The van der Waals surface area contributed by atoms with Crippen LogP contribution in [0.25, 0.3) is 0 Å². The molecule has 3 heteroatoms. The highest BCUT2D eigenvalue weighted by Gasteiger charge is 2.44. The van der Waals surface area contributed by atoms with Gasteiger partial charge >= 0.3 is 5.97 Å². The topological polar surface area (TPSA) is 38.3 Å². The highest BCUT2D eigenvalue weighted by atomic mass is 16.5. The van der Waals surface area contributed by atoms with Crippen LogP contribution < -0.4 is 5.32 Å². The van der Waals surface area contributed by atoms with Crippen LogP contribution in [0.2, 0.25) is 0 Å². The van der Waals surface area contributed by atoms with Crippen LogP contribution in [0.4, 0.5) is 0 Å². The van der Waals surface area contributed by atoms with Gasteiger partial charge in [-0.15, -0.1) is 0 Å². The summed E-state index contributed by atoms with van der Waals surface area (Å²) in [5.41, 5.74) is -0.558. The number of carbonyl (C=O) groups excluding carboxylic acids is 1. The van der Waals surface area contributed by atoms with Gasteiger partial charge in [0.25, 0.3) is 0 Å². The van der Waals surface area contributed by atoms with E-state index < -0.39 is 5.54 Å². The number of hydrogen-bond acceptors (Lipinski definition) is 3. The molecule has 1 N–H and O–H groups in total. The van der Waals surface area contributed by atoms with Crippen LogP contribution in [0.15, 0.2) is 25.0 Å². The van der Waals surface area contributed by atoms with Crippen molar-refractivity contribution in [2.24, 2.45) is 0 Å². The largest absolute Gasteiger partial charge is 0.434 e. The second kappa shape index (κ2) is 3.00. The molecule has 1 saturated heterocycles. The van der Waals surface area contributed by atoms with Crippen molar-refractivity contribution < 1.29 is 9.53 Å². The molecule has 0 aliphatic carbocycles. The van der Waals surface area contributed by atoms with Gasteiger partial charge in [-0.2, -0.15) is 0 Å². The lowest BCUT2D eigenvalue weighted by atomic mass is 9.91. The Balaban J connectivity index is 2.16. The van der Waals surface area contributed by atoms with Crippen LogP contribution in [0.1, 0.15) is 19.3 Å². The second-order valence-corrected chi connectivity index (χ2v) is 3.55. The third-order valence-electron chi connectivity index (χ3n) is 2.70. The number of piperidine rings is 1.